The molecule has 138 valence electrons. The molecule has 2 aromatic rings. The van der Waals surface area contributed by atoms with Gasteiger partial charge in [-0.15, -0.1) is 0 Å². The zero-order valence-corrected chi connectivity index (χ0v) is 16.3. The van der Waals surface area contributed by atoms with E-state index in [1.165, 1.54) is 0 Å². The third-order valence-electron chi connectivity index (χ3n) is 4.63. The fraction of sp³-hybridized carbons (Fsp3) is 0.318. The van der Waals surface area contributed by atoms with Gasteiger partial charge >= 0.3 is 0 Å². The molecule has 0 saturated heterocycles. The number of allylic oxidation sites excluding steroid dienone is 2. The Labute approximate surface area is 155 Å². The quantitative estimate of drug-likeness (QED) is 0.521. The minimum absolute atomic E-state index is 0.0557. The molecule has 0 radical (unpaired) electrons. The van der Waals surface area contributed by atoms with Gasteiger partial charge in [0.15, 0.2) is 5.78 Å². The summed E-state index contributed by atoms with van der Waals surface area (Å²) in [6, 6.07) is 11.3. The van der Waals surface area contributed by atoms with E-state index in [4.69, 9.17) is 14.2 Å². The van der Waals surface area contributed by atoms with E-state index in [0.717, 1.165) is 23.1 Å². The molecule has 0 amide bonds. The van der Waals surface area contributed by atoms with E-state index in [-0.39, 0.29) is 5.78 Å². The Morgan fingerprint density at radius 2 is 1.46 bits per heavy atom. The molecule has 0 aromatic heterocycles. The Bertz CT molecular complexity index is 834. The number of carbonyl (C=O) groups is 1. The Morgan fingerprint density at radius 3 is 2.04 bits per heavy atom. The highest BCUT2D eigenvalue weighted by Gasteiger charge is 2.18. The lowest BCUT2D eigenvalue weighted by Crippen LogP contribution is -2.06. The summed E-state index contributed by atoms with van der Waals surface area (Å²) in [4.78, 5) is 13.1. The van der Waals surface area contributed by atoms with Crippen molar-refractivity contribution in [2.75, 3.05) is 21.3 Å². The maximum atomic E-state index is 13.1. The van der Waals surface area contributed by atoms with E-state index in [0.29, 0.717) is 28.4 Å². The normalized spacial score (nSPS) is 11.6. The molecule has 0 bridgehead atoms. The number of rotatable bonds is 7. The van der Waals surface area contributed by atoms with Crippen LogP contribution in [-0.4, -0.2) is 27.1 Å². The predicted octanol–water partition coefficient (Wildman–Crippen LogP) is 4.95. The molecule has 0 aliphatic heterocycles. The molecule has 4 heteroatoms. The summed E-state index contributed by atoms with van der Waals surface area (Å²) in [5, 5.41) is 0. The van der Waals surface area contributed by atoms with Gasteiger partial charge in [0, 0.05) is 17.2 Å². The lowest BCUT2D eigenvalue weighted by atomic mass is 9.94. The van der Waals surface area contributed by atoms with Crippen molar-refractivity contribution in [1.82, 2.24) is 0 Å². The molecular weight excluding hydrogens is 328 g/mol. The minimum atomic E-state index is -0.0557. The molecule has 0 fully saturated rings. The van der Waals surface area contributed by atoms with Crippen molar-refractivity contribution in [2.45, 2.75) is 27.2 Å². The van der Waals surface area contributed by atoms with Crippen LogP contribution in [0.4, 0.5) is 0 Å². The average molecular weight is 354 g/mol. The van der Waals surface area contributed by atoms with E-state index in [9.17, 15) is 4.79 Å². The van der Waals surface area contributed by atoms with E-state index in [1.807, 2.05) is 50.2 Å². The van der Waals surface area contributed by atoms with Gasteiger partial charge in [0.2, 0.25) is 0 Å². The van der Waals surface area contributed by atoms with Crippen molar-refractivity contribution in [1.29, 1.82) is 0 Å². The molecule has 2 rings (SSSR count). The molecule has 0 saturated carbocycles. The summed E-state index contributed by atoms with van der Waals surface area (Å²) in [6.07, 6.45) is 0.891. The molecule has 0 heterocycles. The van der Waals surface area contributed by atoms with Crippen LogP contribution >= 0.6 is 0 Å². The first kappa shape index (κ1) is 19.6. The number of benzene rings is 2. The highest BCUT2D eigenvalue weighted by Crippen LogP contribution is 2.33. The number of ketones is 1. The topological polar surface area (TPSA) is 44.8 Å². The van der Waals surface area contributed by atoms with Gasteiger partial charge in [-0.1, -0.05) is 13.0 Å². The molecule has 0 spiro atoms. The molecule has 2 aromatic carbocycles. The van der Waals surface area contributed by atoms with Crippen LogP contribution in [0.15, 0.2) is 42.0 Å². The van der Waals surface area contributed by atoms with Gasteiger partial charge < -0.3 is 14.2 Å². The highest BCUT2D eigenvalue weighted by molar-refractivity contribution is 6.14. The van der Waals surface area contributed by atoms with Gasteiger partial charge in [0.1, 0.15) is 17.2 Å². The molecule has 0 atom stereocenters. The summed E-state index contributed by atoms with van der Waals surface area (Å²) >= 11 is 0. The molecule has 0 aliphatic carbocycles. The molecule has 26 heavy (non-hydrogen) atoms. The van der Waals surface area contributed by atoms with Crippen molar-refractivity contribution in [3.63, 3.8) is 0 Å². The third-order valence-corrected chi connectivity index (χ3v) is 4.63. The van der Waals surface area contributed by atoms with Crippen molar-refractivity contribution in [3.05, 3.63) is 58.7 Å². The third kappa shape index (κ3) is 3.90. The number of Topliss-reactive ketones (excluding diaryl/α,β-unsaturated/α-hetero) is 1. The van der Waals surface area contributed by atoms with Crippen LogP contribution in [0.1, 0.15) is 42.3 Å². The van der Waals surface area contributed by atoms with Crippen LogP contribution in [0.3, 0.4) is 0 Å². The molecule has 0 aliphatic rings. The van der Waals surface area contributed by atoms with E-state index < -0.39 is 0 Å². The Kier molecular flexibility index (Phi) is 6.45. The zero-order valence-electron chi connectivity index (χ0n) is 16.3. The number of methoxy groups -OCH3 is 3. The standard InChI is InChI=1S/C22H26O4/c1-7-16-8-10-19(20(12-16)25-5)22(23)15(3)14(2)18-11-9-17(24-4)13-21(18)26-6/h8-13H,7H2,1-6H3/b15-14+. The number of ether oxygens (including phenoxy) is 3. The summed E-state index contributed by atoms with van der Waals surface area (Å²) in [5.74, 6) is 1.92. The summed E-state index contributed by atoms with van der Waals surface area (Å²) in [5.41, 5.74) is 4.07. The second kappa shape index (κ2) is 8.56. The first-order valence-electron chi connectivity index (χ1n) is 8.58. The number of carbonyl (C=O) groups excluding carboxylic acids is 1. The lowest BCUT2D eigenvalue weighted by molar-refractivity contribution is 0.103. The summed E-state index contributed by atoms with van der Waals surface area (Å²) < 4.78 is 16.1. The summed E-state index contributed by atoms with van der Waals surface area (Å²) in [7, 11) is 4.80. The average Bonchev–Trinajstić information content (AvgIpc) is 2.70. The van der Waals surface area contributed by atoms with Crippen molar-refractivity contribution in [2.24, 2.45) is 0 Å². The Morgan fingerprint density at radius 1 is 0.846 bits per heavy atom. The second-order valence-electron chi connectivity index (χ2n) is 6.03. The van der Waals surface area contributed by atoms with Gasteiger partial charge in [-0.2, -0.15) is 0 Å². The molecule has 0 N–H and O–H groups in total. The van der Waals surface area contributed by atoms with Crippen molar-refractivity contribution < 1.29 is 19.0 Å². The Hall–Kier alpha value is -2.75. The van der Waals surface area contributed by atoms with Crippen molar-refractivity contribution in [3.8, 4) is 17.2 Å². The van der Waals surface area contributed by atoms with Gasteiger partial charge in [0.05, 0.1) is 26.9 Å². The van der Waals surface area contributed by atoms with Crippen LogP contribution in [-0.2, 0) is 6.42 Å². The van der Waals surface area contributed by atoms with Gasteiger partial charge in [-0.25, -0.2) is 0 Å². The molecule has 0 unspecified atom stereocenters. The number of hydrogen-bond acceptors (Lipinski definition) is 4. The largest absolute Gasteiger partial charge is 0.497 e. The van der Waals surface area contributed by atoms with Gasteiger partial charge in [-0.05, 0) is 55.7 Å². The maximum absolute atomic E-state index is 13.1. The van der Waals surface area contributed by atoms with Crippen molar-refractivity contribution >= 4 is 11.4 Å². The van der Waals surface area contributed by atoms with Crippen LogP contribution in [0, 0.1) is 0 Å². The SMILES string of the molecule is CCc1ccc(C(=O)/C(C)=C(\C)c2ccc(OC)cc2OC)c(OC)c1. The highest BCUT2D eigenvalue weighted by atomic mass is 16.5. The van der Waals surface area contributed by atoms with Crippen LogP contribution in [0.5, 0.6) is 17.2 Å². The lowest BCUT2D eigenvalue weighted by Gasteiger charge is -2.14. The first-order valence-corrected chi connectivity index (χ1v) is 8.58. The van der Waals surface area contributed by atoms with Crippen LogP contribution in [0.2, 0.25) is 0 Å². The minimum Gasteiger partial charge on any atom is -0.497 e. The second-order valence-corrected chi connectivity index (χ2v) is 6.03. The summed E-state index contributed by atoms with van der Waals surface area (Å²) in [6.45, 7) is 5.82. The fourth-order valence-electron chi connectivity index (χ4n) is 2.83. The monoisotopic (exact) mass is 354 g/mol. The van der Waals surface area contributed by atoms with Gasteiger partial charge in [-0.3, -0.25) is 4.79 Å². The van der Waals surface area contributed by atoms with Crippen LogP contribution < -0.4 is 14.2 Å². The maximum Gasteiger partial charge on any atom is 0.192 e. The fourth-order valence-corrected chi connectivity index (χ4v) is 2.83. The van der Waals surface area contributed by atoms with E-state index in [1.54, 1.807) is 21.3 Å². The first-order chi connectivity index (χ1) is 12.5. The Balaban J connectivity index is 2.49. The van der Waals surface area contributed by atoms with Gasteiger partial charge in [0.25, 0.3) is 0 Å². The number of aryl methyl sites for hydroxylation is 1. The predicted molar refractivity (Wildman–Crippen MR) is 105 cm³/mol. The molecular formula is C22H26O4. The van der Waals surface area contributed by atoms with Crippen LogP contribution in [0.25, 0.3) is 5.57 Å². The van der Waals surface area contributed by atoms with E-state index >= 15 is 0 Å². The number of hydrogen-bond donors (Lipinski definition) is 0. The zero-order chi connectivity index (χ0) is 19.3. The molecule has 4 nitrogen and oxygen atoms in total. The smallest absolute Gasteiger partial charge is 0.192 e. The van der Waals surface area contributed by atoms with E-state index in [2.05, 4.69) is 6.92 Å².